The van der Waals surface area contributed by atoms with Gasteiger partial charge in [0.05, 0.1) is 0 Å². The topological polar surface area (TPSA) is 68.6 Å². The predicted molar refractivity (Wildman–Crippen MR) is 160 cm³/mol. The summed E-state index contributed by atoms with van der Waals surface area (Å²) in [5.74, 6) is 1.16. The molecule has 1 saturated heterocycles. The highest BCUT2D eigenvalue weighted by atomic mass is 35.5. The van der Waals surface area contributed by atoms with Crippen molar-refractivity contribution in [2.24, 2.45) is 10.9 Å². The minimum atomic E-state index is -0.789. The molecule has 1 N–H and O–H groups in total. The summed E-state index contributed by atoms with van der Waals surface area (Å²) in [6.07, 6.45) is 2.73. The first-order valence-corrected chi connectivity index (χ1v) is 14.5. The van der Waals surface area contributed by atoms with E-state index < -0.39 is 11.8 Å². The van der Waals surface area contributed by atoms with Crippen LogP contribution in [0.15, 0.2) is 53.2 Å². The van der Waals surface area contributed by atoms with E-state index in [2.05, 4.69) is 30.2 Å². The molecule has 1 fully saturated rings. The molecule has 216 valence electrons. The molecule has 1 aliphatic heterocycles. The second-order valence-electron chi connectivity index (χ2n) is 12.1. The summed E-state index contributed by atoms with van der Waals surface area (Å²) in [7, 11) is 0. The number of rotatable bonds is 8. The zero-order valence-electron chi connectivity index (χ0n) is 24.8. The van der Waals surface area contributed by atoms with Crippen LogP contribution in [0.1, 0.15) is 72.8 Å². The Kier molecular flexibility index (Phi) is 10.7. The lowest BCUT2D eigenvalue weighted by Gasteiger charge is -2.42. The maximum atomic E-state index is 13.1. The summed E-state index contributed by atoms with van der Waals surface area (Å²) in [5.41, 5.74) is 3.07. The fourth-order valence-corrected chi connectivity index (χ4v) is 5.64. The van der Waals surface area contributed by atoms with Crippen LogP contribution in [0.3, 0.4) is 0 Å². The maximum absolute atomic E-state index is 13.1. The van der Waals surface area contributed by atoms with Gasteiger partial charge in [0.1, 0.15) is 17.7 Å². The van der Waals surface area contributed by atoms with Crippen molar-refractivity contribution >= 4 is 23.5 Å². The Morgan fingerprint density at radius 2 is 1.85 bits per heavy atom. The largest absolute Gasteiger partial charge is 0.444 e. The number of hydrogen-bond donors (Lipinski definition) is 1. The summed E-state index contributed by atoms with van der Waals surface area (Å²) in [5, 5.41) is 12.4. The van der Waals surface area contributed by atoms with Crippen molar-refractivity contribution in [3.63, 3.8) is 0 Å². The van der Waals surface area contributed by atoms with Gasteiger partial charge in [-0.1, -0.05) is 42.8 Å². The van der Waals surface area contributed by atoms with E-state index in [9.17, 15) is 9.90 Å². The number of carbonyl (C=O) groups excluding carboxylic acids is 1. The number of amidine groups is 1. The average Bonchev–Trinajstić information content (AvgIpc) is 3.20. The molecule has 1 heterocycles. The Morgan fingerprint density at radius 3 is 2.33 bits per heavy atom. The molecule has 1 aromatic carbocycles. The summed E-state index contributed by atoms with van der Waals surface area (Å²) in [4.78, 5) is 24.0. The molecule has 39 heavy (non-hydrogen) atoms. The molecule has 3 rings (SSSR count). The highest BCUT2D eigenvalue weighted by Crippen LogP contribution is 2.34. The van der Waals surface area contributed by atoms with Crippen molar-refractivity contribution in [1.82, 2.24) is 14.7 Å². The number of allylic oxidation sites excluding steroid dienone is 1. The monoisotopic (exact) mass is 558 g/mol. The third-order valence-corrected chi connectivity index (χ3v) is 7.90. The minimum absolute atomic E-state index is 0.0960. The molecule has 0 radical (unpaired) electrons. The van der Waals surface area contributed by atoms with Crippen molar-refractivity contribution in [2.45, 2.75) is 85.1 Å². The number of ether oxygens (including phenoxy) is 1. The molecule has 1 aliphatic carbocycles. The lowest BCUT2D eigenvalue weighted by atomic mass is 9.94. The van der Waals surface area contributed by atoms with Crippen LogP contribution in [0, 0.1) is 5.92 Å². The summed E-state index contributed by atoms with van der Waals surface area (Å²) < 4.78 is 5.71. The lowest BCUT2D eigenvalue weighted by Crippen LogP contribution is -2.55. The van der Waals surface area contributed by atoms with Gasteiger partial charge < -0.3 is 19.6 Å². The van der Waals surface area contributed by atoms with Gasteiger partial charge in [0.25, 0.3) is 0 Å². The fourth-order valence-electron chi connectivity index (χ4n) is 5.52. The minimum Gasteiger partial charge on any atom is -0.444 e. The first-order valence-electron chi connectivity index (χ1n) is 14.1. The number of halogens is 1. The van der Waals surface area contributed by atoms with Crippen LogP contribution in [0.5, 0.6) is 0 Å². The highest BCUT2D eigenvalue weighted by molar-refractivity contribution is 6.30. The van der Waals surface area contributed by atoms with Crippen molar-refractivity contribution in [3.05, 3.63) is 58.8 Å². The molecule has 0 saturated carbocycles. The first-order chi connectivity index (χ1) is 18.3. The van der Waals surface area contributed by atoms with Gasteiger partial charge >= 0.3 is 6.09 Å². The van der Waals surface area contributed by atoms with E-state index in [0.717, 1.165) is 37.3 Å². The van der Waals surface area contributed by atoms with E-state index in [1.54, 1.807) is 11.1 Å². The van der Waals surface area contributed by atoms with Crippen LogP contribution in [-0.4, -0.2) is 82.3 Å². The van der Waals surface area contributed by atoms with E-state index in [1.165, 1.54) is 11.1 Å². The molecule has 0 spiro atoms. The molecule has 1 aromatic rings. The molecule has 8 heteroatoms. The molecular weight excluding hydrogens is 512 g/mol. The zero-order chi connectivity index (χ0) is 28.9. The Morgan fingerprint density at radius 1 is 1.23 bits per heavy atom. The number of amides is 1. The van der Waals surface area contributed by atoms with Gasteiger partial charge in [-0.3, -0.25) is 4.90 Å². The molecule has 3 atom stereocenters. The van der Waals surface area contributed by atoms with Crippen molar-refractivity contribution in [1.29, 1.82) is 0 Å². The quantitative estimate of drug-likeness (QED) is 0.300. The van der Waals surface area contributed by atoms with Crippen LogP contribution in [0.4, 0.5) is 4.79 Å². The van der Waals surface area contributed by atoms with Crippen molar-refractivity contribution < 1.29 is 14.6 Å². The van der Waals surface area contributed by atoms with E-state index >= 15 is 0 Å². The number of aliphatic hydroxyl groups excluding tert-OH is 1. The van der Waals surface area contributed by atoms with Crippen molar-refractivity contribution in [2.75, 3.05) is 32.7 Å². The average molecular weight is 559 g/mol. The number of benzene rings is 1. The molecule has 1 amide bonds. The number of nitrogens with zero attached hydrogens (tertiary/aromatic N) is 4. The Hall–Kier alpha value is -2.35. The maximum Gasteiger partial charge on any atom is 0.410 e. The molecule has 3 unspecified atom stereocenters. The summed E-state index contributed by atoms with van der Waals surface area (Å²) in [6.45, 7) is 21.0. The van der Waals surface area contributed by atoms with Gasteiger partial charge in [-0.2, -0.15) is 0 Å². The van der Waals surface area contributed by atoms with Crippen LogP contribution in [-0.2, 0) is 4.74 Å². The zero-order valence-corrected chi connectivity index (χ0v) is 25.5. The molecule has 0 bridgehead atoms. The van der Waals surface area contributed by atoms with Gasteiger partial charge in [0.2, 0.25) is 0 Å². The lowest BCUT2D eigenvalue weighted by molar-refractivity contribution is -0.0442. The number of hydrogen-bond acceptors (Lipinski definition) is 5. The Bertz CT molecular complexity index is 1050. The van der Waals surface area contributed by atoms with E-state index in [1.807, 2.05) is 58.9 Å². The molecule has 7 nitrogen and oxygen atoms in total. The van der Waals surface area contributed by atoms with Crippen LogP contribution in [0.25, 0.3) is 0 Å². The molecular formula is C31H47ClN4O3. The predicted octanol–water partition coefficient (Wildman–Crippen LogP) is 6.29. The standard InChI is InChI=1S/C31H47ClN4O3/c1-9-33-28(27-22(4)10-11-23(27)5)34-16-18-35(19-17-34)29(37)26(24-12-14-25(32)15-13-24)20-36(21(2)3)30(38)39-31(6,7)8/h9,12-15,21-22,26,29,37H,1,10-11,16-20H2,2-8H3. The van der Waals surface area contributed by atoms with Gasteiger partial charge in [0, 0.05) is 55.9 Å². The third kappa shape index (κ3) is 8.09. The fraction of sp³-hybridized carbons (Fsp3) is 0.613. The van der Waals surface area contributed by atoms with Gasteiger partial charge in [-0.25, -0.2) is 9.79 Å². The van der Waals surface area contributed by atoms with Crippen LogP contribution in [0.2, 0.25) is 5.02 Å². The third-order valence-electron chi connectivity index (χ3n) is 7.65. The summed E-state index contributed by atoms with van der Waals surface area (Å²) >= 11 is 6.18. The second kappa shape index (κ2) is 13.3. The van der Waals surface area contributed by atoms with Crippen molar-refractivity contribution in [3.8, 4) is 0 Å². The number of carbonyl (C=O) groups is 1. The second-order valence-corrected chi connectivity index (χ2v) is 12.5. The van der Waals surface area contributed by atoms with Gasteiger partial charge in [-0.15, -0.1) is 0 Å². The number of piperazine rings is 1. The number of aliphatic imine (C=N–C) groups is 1. The van der Waals surface area contributed by atoms with E-state index in [4.69, 9.17) is 21.3 Å². The Balaban J connectivity index is 1.81. The Labute approximate surface area is 240 Å². The van der Waals surface area contributed by atoms with E-state index in [0.29, 0.717) is 30.6 Å². The normalized spacial score (nSPS) is 20.8. The first kappa shape index (κ1) is 31.2. The van der Waals surface area contributed by atoms with E-state index in [-0.39, 0.29) is 18.1 Å². The van der Waals surface area contributed by atoms with Crippen LogP contribution < -0.4 is 0 Å². The molecule has 2 aliphatic rings. The SMILES string of the molecule is C=CN=C(C1=C(C)CCC1C)N1CCN(C(O)C(CN(C(=O)OC(C)(C)C)C(C)C)c2ccc(Cl)cc2)CC1. The van der Waals surface area contributed by atoms with Gasteiger partial charge in [-0.05, 0) is 83.6 Å². The number of aliphatic hydroxyl groups is 1. The smallest absolute Gasteiger partial charge is 0.410 e. The van der Waals surface area contributed by atoms with Crippen LogP contribution >= 0.6 is 11.6 Å². The highest BCUT2D eigenvalue weighted by Gasteiger charge is 2.36. The molecule has 0 aromatic heterocycles. The van der Waals surface area contributed by atoms with Gasteiger partial charge in [0.15, 0.2) is 0 Å². The summed E-state index contributed by atoms with van der Waals surface area (Å²) in [6, 6.07) is 7.44.